The molecule has 1 amide bonds. The smallest absolute Gasteiger partial charge is 0.257 e. The van der Waals surface area contributed by atoms with E-state index < -0.39 is 34.1 Å². The fourth-order valence-electron chi connectivity index (χ4n) is 4.89. The van der Waals surface area contributed by atoms with E-state index in [-0.39, 0.29) is 41.2 Å². The summed E-state index contributed by atoms with van der Waals surface area (Å²) in [6.45, 7) is 4.04. The van der Waals surface area contributed by atoms with E-state index in [1.165, 1.54) is 16.8 Å². The van der Waals surface area contributed by atoms with Gasteiger partial charge in [-0.25, -0.2) is 8.78 Å². The Balaban J connectivity index is 1.71. The Kier molecular flexibility index (Phi) is 4.96. The van der Waals surface area contributed by atoms with Gasteiger partial charge in [-0.3, -0.25) is 14.4 Å². The number of Topliss-reactive ketones (excluding diaryl/α,β-unsaturated/α-hetero) is 1. The first-order valence-electron chi connectivity index (χ1n) is 9.99. The van der Waals surface area contributed by atoms with Crippen LogP contribution in [0.1, 0.15) is 52.7 Å². The molecule has 3 heterocycles. The second-order valence-corrected chi connectivity index (χ2v) is 8.73. The number of nitrogens with one attached hydrogen (secondary N) is 1. The van der Waals surface area contributed by atoms with Crippen LogP contribution in [0.4, 0.5) is 8.78 Å². The Morgan fingerprint density at radius 3 is 2.68 bits per heavy atom. The number of hydrogen-bond donors (Lipinski definition) is 2. The quantitative estimate of drug-likeness (QED) is 0.778. The molecule has 2 aliphatic rings. The Morgan fingerprint density at radius 2 is 2.00 bits per heavy atom. The van der Waals surface area contributed by atoms with Crippen molar-refractivity contribution in [2.24, 2.45) is 5.41 Å². The minimum atomic E-state index is -0.961. The van der Waals surface area contributed by atoms with Gasteiger partial charge in [0.2, 0.25) is 5.43 Å². The average molecular weight is 431 g/mol. The molecule has 0 radical (unpaired) electrons. The van der Waals surface area contributed by atoms with Crippen LogP contribution in [0.25, 0.3) is 0 Å². The van der Waals surface area contributed by atoms with Crippen LogP contribution in [0.2, 0.25) is 0 Å². The number of carbonyl (C=O) groups is 2. The second-order valence-electron chi connectivity index (χ2n) is 8.73. The van der Waals surface area contributed by atoms with Gasteiger partial charge in [0, 0.05) is 42.4 Å². The van der Waals surface area contributed by atoms with Crippen LogP contribution in [-0.2, 0) is 6.54 Å². The lowest BCUT2D eigenvalue weighted by Gasteiger charge is -2.44. The third-order valence-corrected chi connectivity index (χ3v) is 6.42. The molecule has 2 N–H and O–H groups in total. The van der Waals surface area contributed by atoms with Crippen molar-refractivity contribution in [3.8, 4) is 5.75 Å². The number of hydrogen-bond acceptors (Lipinski definition) is 5. The Hall–Kier alpha value is -3.07. The molecule has 4 rings (SSSR count). The Morgan fingerprint density at radius 1 is 1.29 bits per heavy atom. The van der Waals surface area contributed by atoms with Crippen LogP contribution in [0.5, 0.6) is 5.75 Å². The maximum absolute atomic E-state index is 13.8. The summed E-state index contributed by atoms with van der Waals surface area (Å²) in [6.07, 6.45) is 1.99. The lowest BCUT2D eigenvalue weighted by atomic mass is 9.72. The number of benzene rings is 1. The van der Waals surface area contributed by atoms with Gasteiger partial charge in [0.15, 0.2) is 11.5 Å². The van der Waals surface area contributed by atoms with Gasteiger partial charge in [0.25, 0.3) is 5.91 Å². The molecule has 31 heavy (non-hydrogen) atoms. The second kappa shape index (κ2) is 7.26. The summed E-state index contributed by atoms with van der Waals surface area (Å²) in [7, 11) is 1.91. The number of rotatable bonds is 3. The molecular formula is C22H23F2N3O4. The molecular weight excluding hydrogens is 408 g/mol. The predicted molar refractivity (Wildman–Crippen MR) is 108 cm³/mol. The zero-order chi connectivity index (χ0) is 22.7. The van der Waals surface area contributed by atoms with Crippen molar-refractivity contribution in [2.45, 2.75) is 38.9 Å². The zero-order valence-electron chi connectivity index (χ0n) is 17.4. The molecule has 2 aliphatic heterocycles. The van der Waals surface area contributed by atoms with Gasteiger partial charge in [-0.1, -0.05) is 19.9 Å². The molecule has 1 saturated heterocycles. The maximum atomic E-state index is 13.8. The minimum Gasteiger partial charge on any atom is -0.503 e. The predicted octanol–water partition coefficient (Wildman–Crippen LogP) is 2.23. The van der Waals surface area contributed by atoms with Gasteiger partial charge < -0.3 is 19.9 Å². The van der Waals surface area contributed by atoms with E-state index in [0.717, 1.165) is 12.6 Å². The van der Waals surface area contributed by atoms with Gasteiger partial charge >= 0.3 is 0 Å². The van der Waals surface area contributed by atoms with Gasteiger partial charge in [-0.05, 0) is 19.5 Å². The number of carbonyl (C=O) groups excluding carboxylic acids is 2. The van der Waals surface area contributed by atoms with Gasteiger partial charge in [0.05, 0.1) is 6.04 Å². The summed E-state index contributed by atoms with van der Waals surface area (Å²) in [5.41, 5.74) is -2.16. The van der Waals surface area contributed by atoms with E-state index in [1.807, 2.05) is 7.05 Å². The molecule has 1 unspecified atom stereocenters. The van der Waals surface area contributed by atoms with Crippen LogP contribution in [-0.4, -0.2) is 45.9 Å². The third kappa shape index (κ3) is 3.23. The third-order valence-electron chi connectivity index (χ3n) is 6.42. The standard InChI is InChI=1S/C22H23F2N3O4/c1-22(2)19-15(6-7-26(19)3)27-10-13(17(28)18(29)16(27)20(22)30)21(31)25-9-11-4-5-12(23)8-14(11)24/h4-5,8,10,15,19,29H,6-7,9H2,1-3H3,(H,25,31)/t15-,19?/m1/s1. The van der Waals surface area contributed by atoms with Crippen LogP contribution in [0, 0.1) is 17.0 Å². The summed E-state index contributed by atoms with van der Waals surface area (Å²) in [4.78, 5) is 40.6. The van der Waals surface area contributed by atoms with Gasteiger partial charge in [-0.2, -0.15) is 0 Å². The number of nitrogens with zero attached hydrogens (tertiary/aromatic N) is 2. The van der Waals surface area contributed by atoms with Crippen molar-refractivity contribution >= 4 is 11.7 Å². The highest BCUT2D eigenvalue weighted by molar-refractivity contribution is 6.03. The minimum absolute atomic E-state index is 0.0476. The largest absolute Gasteiger partial charge is 0.503 e. The van der Waals surface area contributed by atoms with Gasteiger partial charge in [0.1, 0.15) is 22.9 Å². The van der Waals surface area contributed by atoms with E-state index in [0.29, 0.717) is 12.5 Å². The molecule has 1 fully saturated rings. The summed E-state index contributed by atoms with van der Waals surface area (Å²) < 4.78 is 28.4. The first-order chi connectivity index (χ1) is 14.5. The van der Waals surface area contributed by atoms with Crippen molar-refractivity contribution in [3.05, 3.63) is 63.1 Å². The topological polar surface area (TPSA) is 91.6 Å². The lowest BCUT2D eigenvalue weighted by molar-refractivity contribution is 0.0540. The van der Waals surface area contributed by atoms with Crippen LogP contribution in [0.3, 0.4) is 0 Å². The van der Waals surface area contributed by atoms with Crippen molar-refractivity contribution in [3.63, 3.8) is 0 Å². The Bertz CT molecular complexity index is 1160. The Labute approximate surface area is 177 Å². The van der Waals surface area contributed by atoms with Crippen LogP contribution < -0.4 is 10.7 Å². The van der Waals surface area contributed by atoms with Crippen molar-refractivity contribution < 1.29 is 23.5 Å². The first kappa shape index (κ1) is 21.2. The molecule has 1 aromatic carbocycles. The number of ketones is 1. The first-order valence-corrected chi connectivity index (χ1v) is 9.99. The molecule has 0 spiro atoms. The summed E-state index contributed by atoms with van der Waals surface area (Å²) >= 11 is 0. The maximum Gasteiger partial charge on any atom is 0.257 e. The average Bonchev–Trinajstić information content (AvgIpc) is 3.10. The fourth-order valence-corrected chi connectivity index (χ4v) is 4.89. The van der Waals surface area contributed by atoms with Crippen molar-refractivity contribution in [1.29, 1.82) is 0 Å². The number of aromatic hydroxyl groups is 1. The van der Waals surface area contributed by atoms with Crippen LogP contribution >= 0.6 is 0 Å². The number of likely N-dealkylation sites (tertiary alicyclic amines) is 1. The van der Waals surface area contributed by atoms with E-state index in [9.17, 15) is 28.3 Å². The normalized spacial score (nSPS) is 22.2. The number of likely N-dealkylation sites (N-methyl/N-ethyl adjacent to an activating group) is 1. The number of halogens is 2. The highest BCUT2D eigenvalue weighted by atomic mass is 19.1. The molecule has 1 aromatic heterocycles. The summed E-state index contributed by atoms with van der Waals surface area (Å²) in [6, 6.07) is 2.61. The number of fused-ring (bicyclic) bond motifs is 3. The number of pyridine rings is 1. The highest BCUT2D eigenvalue weighted by Crippen LogP contribution is 2.46. The lowest BCUT2D eigenvalue weighted by Crippen LogP contribution is -2.52. The SMILES string of the molecule is CN1CC[C@@H]2C1C(C)(C)C(=O)c1c(O)c(=O)c(C(=O)NCc3ccc(F)cc3F)cn12. The van der Waals surface area contributed by atoms with E-state index in [2.05, 4.69) is 10.2 Å². The van der Waals surface area contributed by atoms with Crippen LogP contribution in [0.15, 0.2) is 29.2 Å². The van der Waals surface area contributed by atoms with Crippen molar-refractivity contribution in [2.75, 3.05) is 13.6 Å². The number of aromatic nitrogens is 1. The number of amides is 1. The zero-order valence-corrected chi connectivity index (χ0v) is 17.4. The van der Waals surface area contributed by atoms with E-state index >= 15 is 0 Å². The molecule has 2 aromatic rings. The highest BCUT2D eigenvalue weighted by Gasteiger charge is 2.53. The molecule has 2 atom stereocenters. The molecule has 0 bridgehead atoms. The molecule has 7 nitrogen and oxygen atoms in total. The molecule has 0 aliphatic carbocycles. The summed E-state index contributed by atoms with van der Waals surface area (Å²) in [5.74, 6) is -3.51. The van der Waals surface area contributed by atoms with Crippen molar-refractivity contribution in [1.82, 2.24) is 14.8 Å². The molecule has 9 heteroatoms. The van der Waals surface area contributed by atoms with E-state index in [1.54, 1.807) is 13.8 Å². The molecule has 0 saturated carbocycles. The fraction of sp³-hybridized carbons (Fsp3) is 0.409. The summed E-state index contributed by atoms with van der Waals surface area (Å²) in [5, 5.41) is 13.0. The van der Waals surface area contributed by atoms with E-state index in [4.69, 9.17) is 0 Å². The van der Waals surface area contributed by atoms with Gasteiger partial charge in [-0.15, -0.1) is 0 Å². The molecule has 164 valence electrons. The monoisotopic (exact) mass is 431 g/mol.